The summed E-state index contributed by atoms with van der Waals surface area (Å²) in [7, 11) is 1.60. The Bertz CT molecular complexity index is 687. The number of hydrogen-bond acceptors (Lipinski definition) is 3. The van der Waals surface area contributed by atoms with Crippen LogP contribution in [-0.4, -0.2) is 38.2 Å². The highest BCUT2D eigenvalue weighted by molar-refractivity contribution is 5.97. The molecule has 140 valence electrons. The zero-order chi connectivity index (χ0) is 18.4. The first-order valence-electron chi connectivity index (χ1n) is 9.32. The molecule has 0 aromatic heterocycles. The van der Waals surface area contributed by atoms with Crippen LogP contribution in [0.3, 0.4) is 0 Å². The van der Waals surface area contributed by atoms with Crippen LogP contribution in [0.15, 0.2) is 35.9 Å². The number of benzene rings is 1. The van der Waals surface area contributed by atoms with Gasteiger partial charge < -0.3 is 20.3 Å². The summed E-state index contributed by atoms with van der Waals surface area (Å²) in [6, 6.07) is 7.03. The number of allylic oxidation sites excluding steroid dienone is 1. The summed E-state index contributed by atoms with van der Waals surface area (Å²) >= 11 is 0. The summed E-state index contributed by atoms with van der Waals surface area (Å²) in [6.07, 6.45) is 8.36. The van der Waals surface area contributed by atoms with E-state index in [2.05, 4.69) is 16.7 Å². The summed E-state index contributed by atoms with van der Waals surface area (Å²) in [5.41, 5.74) is 2.24. The van der Waals surface area contributed by atoms with Gasteiger partial charge in [0.25, 0.3) is 0 Å². The van der Waals surface area contributed by atoms with E-state index in [9.17, 15) is 9.59 Å². The van der Waals surface area contributed by atoms with Crippen LogP contribution in [0.5, 0.6) is 5.75 Å². The minimum atomic E-state index is -0.202. The van der Waals surface area contributed by atoms with Crippen molar-refractivity contribution in [1.82, 2.24) is 10.6 Å². The highest BCUT2D eigenvalue weighted by Crippen LogP contribution is 2.25. The molecule has 1 saturated heterocycles. The second-order valence-electron chi connectivity index (χ2n) is 6.87. The molecule has 0 radical (unpaired) electrons. The van der Waals surface area contributed by atoms with Crippen LogP contribution in [0.25, 0.3) is 0 Å². The predicted molar refractivity (Wildman–Crippen MR) is 101 cm³/mol. The van der Waals surface area contributed by atoms with E-state index < -0.39 is 0 Å². The van der Waals surface area contributed by atoms with Crippen LogP contribution in [0.2, 0.25) is 0 Å². The van der Waals surface area contributed by atoms with Gasteiger partial charge in [-0.15, -0.1) is 0 Å². The van der Waals surface area contributed by atoms with E-state index >= 15 is 0 Å². The molecule has 0 saturated carbocycles. The third-order valence-electron chi connectivity index (χ3n) is 4.94. The van der Waals surface area contributed by atoms with Gasteiger partial charge in [0.15, 0.2) is 0 Å². The number of nitrogens with one attached hydrogen (secondary N) is 2. The summed E-state index contributed by atoms with van der Waals surface area (Å²) in [4.78, 5) is 26.1. The highest BCUT2D eigenvalue weighted by atomic mass is 16.5. The maximum atomic E-state index is 12.3. The van der Waals surface area contributed by atoms with Crippen molar-refractivity contribution in [2.45, 2.75) is 44.6 Å². The fourth-order valence-corrected chi connectivity index (χ4v) is 3.54. The summed E-state index contributed by atoms with van der Waals surface area (Å²) < 4.78 is 5.21. The zero-order valence-corrected chi connectivity index (χ0v) is 15.3. The van der Waals surface area contributed by atoms with Gasteiger partial charge in [-0.3, -0.25) is 4.79 Å². The van der Waals surface area contributed by atoms with E-state index in [1.165, 1.54) is 18.4 Å². The van der Waals surface area contributed by atoms with Gasteiger partial charge in [0, 0.05) is 31.3 Å². The van der Waals surface area contributed by atoms with Gasteiger partial charge in [-0.2, -0.15) is 0 Å². The Hall–Kier alpha value is -2.50. The fourth-order valence-electron chi connectivity index (χ4n) is 3.54. The monoisotopic (exact) mass is 357 g/mol. The number of rotatable bonds is 6. The molecule has 1 fully saturated rings. The van der Waals surface area contributed by atoms with Gasteiger partial charge in [0.1, 0.15) is 5.75 Å². The normalized spacial score (nSPS) is 19.9. The lowest BCUT2D eigenvalue weighted by molar-refractivity contribution is -0.117. The molecule has 1 atom stereocenters. The van der Waals surface area contributed by atoms with Gasteiger partial charge in [-0.25, -0.2) is 4.79 Å². The number of carbonyl (C=O) groups excluding carboxylic acids is 2. The van der Waals surface area contributed by atoms with Crippen molar-refractivity contribution < 1.29 is 14.3 Å². The number of urea groups is 1. The van der Waals surface area contributed by atoms with Crippen LogP contribution >= 0.6 is 0 Å². The van der Waals surface area contributed by atoms with Crippen LogP contribution in [-0.2, 0) is 4.79 Å². The van der Waals surface area contributed by atoms with Gasteiger partial charge >= 0.3 is 6.03 Å². The fraction of sp³-hybridized carbons (Fsp3) is 0.500. The Balaban J connectivity index is 1.46. The number of carbonyl (C=O) groups is 2. The number of methoxy groups -OCH3 is 1. The van der Waals surface area contributed by atoms with Crippen LogP contribution < -0.4 is 20.3 Å². The lowest BCUT2D eigenvalue weighted by atomic mass is 9.97. The van der Waals surface area contributed by atoms with E-state index in [4.69, 9.17) is 4.74 Å². The molecule has 1 aromatic rings. The molecule has 3 rings (SSSR count). The molecule has 2 N–H and O–H groups in total. The number of amides is 3. The topological polar surface area (TPSA) is 70.7 Å². The third-order valence-corrected chi connectivity index (χ3v) is 4.94. The first-order chi connectivity index (χ1) is 12.7. The molecule has 0 spiro atoms. The Kier molecular flexibility index (Phi) is 6.15. The molecule has 3 amide bonds. The van der Waals surface area contributed by atoms with Gasteiger partial charge in [-0.05, 0) is 44.2 Å². The van der Waals surface area contributed by atoms with Crippen LogP contribution in [0.4, 0.5) is 10.5 Å². The third kappa shape index (κ3) is 4.77. The average Bonchev–Trinajstić information content (AvgIpc) is 3.02. The first-order valence-corrected chi connectivity index (χ1v) is 9.32. The van der Waals surface area contributed by atoms with Crippen molar-refractivity contribution in [2.75, 3.05) is 25.1 Å². The van der Waals surface area contributed by atoms with E-state index in [0.717, 1.165) is 24.9 Å². The van der Waals surface area contributed by atoms with Crippen molar-refractivity contribution in [3.05, 3.63) is 35.9 Å². The number of anilines is 1. The zero-order valence-electron chi connectivity index (χ0n) is 15.3. The standard InChI is InChI=1S/C20H27N3O3/c1-26-18-9-5-8-17(13-18)23-14-16(12-19(23)24)22-20(25)21-11-10-15-6-3-2-4-7-15/h5-6,8-9,13,16H,2-4,7,10-12,14H2,1H3,(H2,21,22,25)/t16-/m1/s1. The SMILES string of the molecule is COc1cccc(N2C[C@H](NC(=O)NCCC3=CCCCC3)CC2=O)c1. The average molecular weight is 357 g/mol. The van der Waals surface area contributed by atoms with Crippen LogP contribution in [0, 0.1) is 0 Å². The molecule has 0 bridgehead atoms. The van der Waals surface area contributed by atoms with E-state index in [1.54, 1.807) is 12.0 Å². The van der Waals surface area contributed by atoms with Crippen molar-refractivity contribution in [3.63, 3.8) is 0 Å². The van der Waals surface area contributed by atoms with Gasteiger partial charge in [0.2, 0.25) is 5.91 Å². The Morgan fingerprint density at radius 2 is 2.23 bits per heavy atom. The minimum absolute atomic E-state index is 0.0101. The second kappa shape index (κ2) is 8.74. The lowest BCUT2D eigenvalue weighted by Gasteiger charge is -2.18. The van der Waals surface area contributed by atoms with Crippen molar-refractivity contribution >= 4 is 17.6 Å². The molecule has 26 heavy (non-hydrogen) atoms. The molecule has 1 aliphatic carbocycles. The molecule has 1 aromatic carbocycles. The first kappa shape index (κ1) is 18.3. The largest absolute Gasteiger partial charge is 0.497 e. The molecule has 1 heterocycles. The molecule has 6 heteroatoms. The van der Waals surface area contributed by atoms with Crippen molar-refractivity contribution in [1.29, 1.82) is 0 Å². The van der Waals surface area contributed by atoms with E-state index in [0.29, 0.717) is 25.3 Å². The Labute approximate surface area is 154 Å². The molecule has 2 aliphatic rings. The molecule has 1 aliphatic heterocycles. The summed E-state index contributed by atoms with van der Waals surface area (Å²) in [5, 5.41) is 5.82. The second-order valence-corrected chi connectivity index (χ2v) is 6.87. The maximum absolute atomic E-state index is 12.3. The minimum Gasteiger partial charge on any atom is -0.497 e. The molecular weight excluding hydrogens is 330 g/mol. The number of nitrogens with zero attached hydrogens (tertiary/aromatic N) is 1. The van der Waals surface area contributed by atoms with Crippen LogP contribution in [0.1, 0.15) is 38.5 Å². The van der Waals surface area contributed by atoms with Crippen molar-refractivity contribution in [2.24, 2.45) is 0 Å². The predicted octanol–water partition coefficient (Wildman–Crippen LogP) is 2.99. The smallest absolute Gasteiger partial charge is 0.315 e. The Morgan fingerprint density at radius 3 is 3.00 bits per heavy atom. The Morgan fingerprint density at radius 1 is 1.35 bits per heavy atom. The quantitative estimate of drug-likeness (QED) is 0.769. The summed E-state index contributed by atoms with van der Waals surface area (Å²) in [5.74, 6) is 0.720. The molecular formula is C20H27N3O3. The number of ether oxygens (including phenoxy) is 1. The molecule has 6 nitrogen and oxygen atoms in total. The maximum Gasteiger partial charge on any atom is 0.315 e. The van der Waals surface area contributed by atoms with E-state index in [1.807, 2.05) is 24.3 Å². The number of hydrogen-bond donors (Lipinski definition) is 2. The summed E-state index contributed by atoms with van der Waals surface area (Å²) in [6.45, 7) is 1.11. The van der Waals surface area contributed by atoms with E-state index in [-0.39, 0.29) is 18.0 Å². The van der Waals surface area contributed by atoms with Crippen molar-refractivity contribution in [3.8, 4) is 5.75 Å². The van der Waals surface area contributed by atoms with Gasteiger partial charge in [0.05, 0.1) is 13.2 Å². The lowest BCUT2D eigenvalue weighted by Crippen LogP contribution is -2.43. The molecule has 0 unspecified atom stereocenters. The van der Waals surface area contributed by atoms with Gasteiger partial charge in [-0.1, -0.05) is 17.7 Å². The highest BCUT2D eigenvalue weighted by Gasteiger charge is 2.31.